The van der Waals surface area contributed by atoms with Crippen LogP contribution < -0.4 is 0 Å². The number of hydrogen-bond donors (Lipinski definition) is 5. The summed E-state index contributed by atoms with van der Waals surface area (Å²) in [6.45, 7) is 15.8. The predicted octanol–water partition coefficient (Wildman–Crippen LogP) is 1.76. The fourth-order valence-corrected chi connectivity index (χ4v) is 14.0. The molecule has 5 N–H and O–H groups in total. The number of methoxy groups -OCH3 is 4. The molecule has 8 aliphatic heterocycles. The van der Waals surface area contributed by atoms with Crippen molar-refractivity contribution >= 4 is 20.8 Å². The molecular formula is C57H100O30S2. The Hall–Kier alpha value is -1.14. The van der Waals surface area contributed by atoms with Crippen LogP contribution in [-0.4, -0.2) is 270 Å². The fraction of sp³-hybridized carbons (Fsp3) is 1.00. The van der Waals surface area contributed by atoms with Gasteiger partial charge < -0.3 is 105 Å². The van der Waals surface area contributed by atoms with E-state index in [1.807, 2.05) is 48.5 Å². The van der Waals surface area contributed by atoms with Crippen LogP contribution in [0.4, 0.5) is 0 Å². The Balaban J connectivity index is 0.839. The van der Waals surface area contributed by atoms with Crippen LogP contribution >= 0.6 is 0 Å². The second-order valence-electron chi connectivity index (χ2n) is 25.3. The maximum atomic E-state index is 12.0. The average molecular weight is 1330 g/mol. The van der Waals surface area contributed by atoms with E-state index in [4.69, 9.17) is 98.4 Å². The molecule has 0 aliphatic carbocycles. The van der Waals surface area contributed by atoms with Crippen molar-refractivity contribution in [2.24, 2.45) is 47.3 Å². The monoisotopic (exact) mass is 1330 g/mol. The highest BCUT2D eigenvalue weighted by atomic mass is 32.3. The molecule has 8 saturated heterocycles. The minimum atomic E-state index is -4.94. The molecule has 0 aromatic carbocycles. The SMILES string of the molecule is CO[C@H]1C[C@H](O[C@@H]2C(COS(=O)(=O)O)O[C@@H](O[C@H]3CO[C@@H](O[C@@H]4C(COS(=O)(=O)O)O[C@@H](O[C@H]5CO[C@@H](O[C@@H]6C(CO)O[C@@H](O[C@H]7CO[C@@H](O[C@@H]8C(CO)O[C@H](C)C(C)[C@H]8C)C[C@@H]7OC)C(C)[C@H]6C)C[C@@H]5OC)C(C)[C@H]4C)C[C@@H]3OC)C(C)[C@H]2C)OC[C@H]1O. The first-order chi connectivity index (χ1) is 42.2. The third-order valence-electron chi connectivity index (χ3n) is 19.9. The second kappa shape index (κ2) is 32.7. The maximum Gasteiger partial charge on any atom is 0.397 e. The summed E-state index contributed by atoms with van der Waals surface area (Å²) < 4.78 is 195. The summed E-state index contributed by atoms with van der Waals surface area (Å²) >= 11 is 0. The number of hydrogen-bond acceptors (Lipinski definition) is 28. The Labute approximate surface area is 523 Å². The molecule has 32 heteroatoms. The highest BCUT2D eigenvalue weighted by Gasteiger charge is 2.53. The van der Waals surface area contributed by atoms with Crippen LogP contribution in [0.1, 0.15) is 88.0 Å². The van der Waals surface area contributed by atoms with E-state index < -0.39 is 181 Å². The lowest BCUT2D eigenvalue weighted by atomic mass is 9.82. The van der Waals surface area contributed by atoms with Crippen LogP contribution in [0.3, 0.4) is 0 Å². The molecule has 520 valence electrons. The zero-order valence-electron chi connectivity index (χ0n) is 53.2. The zero-order valence-corrected chi connectivity index (χ0v) is 54.9. The molecule has 0 amide bonds. The van der Waals surface area contributed by atoms with E-state index in [1.54, 1.807) is 7.11 Å². The smallest absolute Gasteiger partial charge is 0.394 e. The molecule has 8 fully saturated rings. The van der Waals surface area contributed by atoms with Crippen LogP contribution in [-0.2, 0) is 119 Å². The molecule has 32 atom stereocenters. The molecule has 30 nitrogen and oxygen atoms in total. The summed E-state index contributed by atoms with van der Waals surface area (Å²) in [5.41, 5.74) is 0. The van der Waals surface area contributed by atoms with Gasteiger partial charge >= 0.3 is 20.8 Å². The van der Waals surface area contributed by atoms with Gasteiger partial charge in [-0.15, -0.1) is 0 Å². The Kier molecular flexibility index (Phi) is 27.1. The van der Waals surface area contributed by atoms with E-state index in [9.17, 15) is 41.3 Å². The third-order valence-corrected chi connectivity index (χ3v) is 20.7. The molecule has 0 aromatic heterocycles. The van der Waals surface area contributed by atoms with Crippen molar-refractivity contribution < 1.29 is 140 Å². The summed E-state index contributed by atoms with van der Waals surface area (Å²) in [5.74, 6) is -1.70. The quantitative estimate of drug-likeness (QED) is 0.0770. The maximum absolute atomic E-state index is 12.0. The van der Waals surface area contributed by atoms with Crippen molar-refractivity contribution in [3.63, 3.8) is 0 Å². The average Bonchev–Trinajstić information content (AvgIpc) is 1.01. The minimum Gasteiger partial charge on any atom is -0.394 e. The van der Waals surface area contributed by atoms with Crippen molar-refractivity contribution in [1.29, 1.82) is 0 Å². The van der Waals surface area contributed by atoms with Gasteiger partial charge in [0.15, 0.2) is 44.0 Å². The van der Waals surface area contributed by atoms with Gasteiger partial charge in [-0.3, -0.25) is 9.11 Å². The summed E-state index contributed by atoms with van der Waals surface area (Å²) in [7, 11) is -3.75. The van der Waals surface area contributed by atoms with Crippen molar-refractivity contribution in [3.8, 4) is 0 Å². The first kappa shape index (κ1) is 73.7. The molecule has 0 radical (unpaired) electrons. The molecule has 89 heavy (non-hydrogen) atoms. The van der Waals surface area contributed by atoms with Gasteiger partial charge in [-0.25, -0.2) is 8.37 Å². The van der Waals surface area contributed by atoms with Gasteiger partial charge in [0.05, 0.1) is 108 Å². The van der Waals surface area contributed by atoms with Crippen LogP contribution in [0.2, 0.25) is 0 Å². The van der Waals surface area contributed by atoms with Crippen LogP contribution in [0.25, 0.3) is 0 Å². The predicted molar refractivity (Wildman–Crippen MR) is 304 cm³/mol. The van der Waals surface area contributed by atoms with E-state index in [1.165, 1.54) is 21.3 Å². The standard InChI is InChI=1S/C57H100O30S2/c1-26-27(2)51(40(18-58)77-34(26)9)84-48-15-37(68-11)42(21-72-48)79-55-31(6)28(3)52(41(19-59)78-55)85-49-16-38(69-12)43(22-73-49)80-57-33(8)30(5)54(46(83-57)25-76-89(64,65)66)87-50-17-39(70-13)44(23-74-50)81-56-32(7)29(4)53(45(82-56)24-75-88(61,62)63)86-47-14-36(67-10)35(60)20-71-47/h26-60H,14-25H2,1-13H3,(H,61,62,63)(H,64,65,66)/t26?,27-,28-,29-,30-,31?,32?,33?,34-,35-,36+,37+,38+,39+,40?,41?,42+,43+,44+,45?,46?,47+,48+,49+,50+,51+,52+,53+,54+,55+,56-,57-/m1/s1. The van der Waals surface area contributed by atoms with Gasteiger partial charge in [-0.05, 0) is 36.5 Å². The Morgan fingerprint density at radius 3 is 0.989 bits per heavy atom. The Morgan fingerprint density at radius 2 is 0.663 bits per heavy atom. The van der Waals surface area contributed by atoms with Gasteiger partial charge in [-0.2, -0.15) is 16.8 Å². The van der Waals surface area contributed by atoms with Gasteiger partial charge in [0.25, 0.3) is 0 Å². The molecule has 0 bridgehead atoms. The minimum absolute atomic E-state index is 0.00939. The van der Waals surface area contributed by atoms with Crippen LogP contribution in [0.15, 0.2) is 0 Å². The third kappa shape index (κ3) is 18.7. The summed E-state index contributed by atoms with van der Waals surface area (Å²) in [4.78, 5) is 0. The highest BCUT2D eigenvalue weighted by molar-refractivity contribution is 7.81. The number of rotatable bonds is 26. The Bertz CT molecular complexity index is 2360. The molecule has 0 spiro atoms. The second-order valence-corrected chi connectivity index (χ2v) is 27.4. The number of ether oxygens (including phenoxy) is 19. The molecule has 8 rings (SSSR count). The van der Waals surface area contributed by atoms with E-state index in [-0.39, 0.29) is 107 Å². The molecular weight excluding hydrogens is 1230 g/mol. The molecule has 0 aromatic rings. The molecule has 8 heterocycles. The first-order valence-electron chi connectivity index (χ1n) is 31.1. The van der Waals surface area contributed by atoms with E-state index in [2.05, 4.69) is 13.8 Å². The molecule has 8 aliphatic rings. The molecule has 0 saturated carbocycles. The summed E-state index contributed by atoms with van der Waals surface area (Å²) in [6.07, 6.45) is -16.4. The Morgan fingerprint density at radius 1 is 0.371 bits per heavy atom. The lowest BCUT2D eigenvalue weighted by Gasteiger charge is -2.49. The van der Waals surface area contributed by atoms with E-state index in [0.29, 0.717) is 6.42 Å². The fourth-order valence-electron chi connectivity index (χ4n) is 13.4. The topological polar surface area (TPSA) is 363 Å². The van der Waals surface area contributed by atoms with Crippen LogP contribution in [0.5, 0.6) is 0 Å². The normalized spacial score (nSPS) is 47.2. The van der Waals surface area contributed by atoms with Crippen molar-refractivity contribution in [2.45, 2.75) is 236 Å². The number of aliphatic hydroxyl groups is 3. The first-order valence-corrected chi connectivity index (χ1v) is 33.8. The van der Waals surface area contributed by atoms with E-state index in [0.717, 1.165) is 0 Å². The van der Waals surface area contributed by atoms with Crippen molar-refractivity contribution in [2.75, 3.05) is 81.3 Å². The molecule has 8 unspecified atom stereocenters. The highest BCUT2D eigenvalue weighted by Crippen LogP contribution is 2.42. The van der Waals surface area contributed by atoms with Crippen molar-refractivity contribution in [1.82, 2.24) is 0 Å². The van der Waals surface area contributed by atoms with E-state index >= 15 is 0 Å². The summed E-state index contributed by atoms with van der Waals surface area (Å²) in [5, 5.41) is 31.1. The van der Waals surface area contributed by atoms with Crippen molar-refractivity contribution in [3.05, 3.63) is 0 Å². The van der Waals surface area contributed by atoms with Crippen LogP contribution in [0, 0.1) is 47.3 Å². The van der Waals surface area contributed by atoms with Gasteiger partial charge in [0.2, 0.25) is 0 Å². The lowest BCUT2D eigenvalue weighted by molar-refractivity contribution is -0.353. The summed E-state index contributed by atoms with van der Waals surface area (Å²) in [6, 6.07) is 0. The van der Waals surface area contributed by atoms with Gasteiger partial charge in [0, 0.05) is 71.9 Å². The van der Waals surface area contributed by atoms with Gasteiger partial charge in [0.1, 0.15) is 48.8 Å². The number of aliphatic hydroxyl groups excluding tert-OH is 3. The lowest BCUT2D eigenvalue weighted by Crippen LogP contribution is -2.59. The van der Waals surface area contributed by atoms with Gasteiger partial charge in [-0.1, -0.05) is 55.4 Å². The zero-order chi connectivity index (χ0) is 64.8. The largest absolute Gasteiger partial charge is 0.397 e.